The van der Waals surface area contributed by atoms with Crippen LogP contribution in [0.3, 0.4) is 0 Å². The molecule has 2 heterocycles. The summed E-state index contributed by atoms with van der Waals surface area (Å²) in [5, 5.41) is 5.87. The van der Waals surface area contributed by atoms with Crippen LogP contribution in [-0.4, -0.2) is 19.8 Å². The number of hydrogen-bond acceptors (Lipinski definition) is 4. The summed E-state index contributed by atoms with van der Waals surface area (Å²) in [5.41, 5.74) is 1.21. The summed E-state index contributed by atoms with van der Waals surface area (Å²) < 4.78 is 11.1. The topological polar surface area (TPSA) is 30.5 Å². The molecule has 0 radical (unpaired) electrons. The number of hydrogen-bond donors (Lipinski definition) is 1. The van der Waals surface area contributed by atoms with E-state index in [-0.39, 0.29) is 0 Å². The molecule has 1 aliphatic heterocycles. The average Bonchev–Trinajstić information content (AvgIpc) is 3.00. The van der Waals surface area contributed by atoms with Crippen LogP contribution >= 0.6 is 11.3 Å². The van der Waals surface area contributed by atoms with Crippen molar-refractivity contribution in [3.05, 3.63) is 46.2 Å². The van der Waals surface area contributed by atoms with Crippen molar-refractivity contribution in [1.82, 2.24) is 5.32 Å². The Morgan fingerprint density at radius 1 is 1.43 bits per heavy atom. The first-order valence-electron chi connectivity index (χ1n) is 7.35. The van der Waals surface area contributed by atoms with Crippen LogP contribution in [0.5, 0.6) is 11.5 Å². The van der Waals surface area contributed by atoms with Gasteiger partial charge >= 0.3 is 0 Å². The van der Waals surface area contributed by atoms with Gasteiger partial charge in [0.2, 0.25) is 0 Å². The molecule has 0 saturated heterocycles. The molecule has 2 unspecified atom stereocenters. The van der Waals surface area contributed by atoms with Crippen molar-refractivity contribution in [3.8, 4) is 11.5 Å². The number of ether oxygens (including phenoxy) is 2. The summed E-state index contributed by atoms with van der Waals surface area (Å²) in [6.07, 6.45) is 2.06. The van der Waals surface area contributed by atoms with Crippen LogP contribution in [0.2, 0.25) is 0 Å². The molecule has 0 bridgehead atoms. The lowest BCUT2D eigenvalue weighted by Gasteiger charge is -2.29. The molecule has 1 aliphatic rings. The van der Waals surface area contributed by atoms with Gasteiger partial charge in [0.25, 0.3) is 0 Å². The van der Waals surface area contributed by atoms with Crippen LogP contribution < -0.4 is 14.8 Å². The molecular weight excluding hydrogens is 282 g/mol. The van der Waals surface area contributed by atoms with Crippen LogP contribution in [0.1, 0.15) is 29.8 Å². The number of benzene rings is 1. The van der Waals surface area contributed by atoms with Gasteiger partial charge < -0.3 is 14.8 Å². The summed E-state index contributed by atoms with van der Waals surface area (Å²) >= 11 is 1.82. The van der Waals surface area contributed by atoms with E-state index in [1.807, 2.05) is 23.5 Å². The van der Waals surface area contributed by atoms with Crippen LogP contribution in [0, 0.1) is 0 Å². The van der Waals surface area contributed by atoms with Gasteiger partial charge in [0.05, 0.1) is 13.7 Å². The van der Waals surface area contributed by atoms with Gasteiger partial charge in [-0.15, -0.1) is 11.3 Å². The van der Waals surface area contributed by atoms with Crippen molar-refractivity contribution in [2.45, 2.75) is 31.8 Å². The highest BCUT2D eigenvalue weighted by Gasteiger charge is 2.23. The summed E-state index contributed by atoms with van der Waals surface area (Å²) in [4.78, 5) is 1.42. The first-order valence-corrected chi connectivity index (χ1v) is 8.23. The average molecular weight is 303 g/mol. The van der Waals surface area contributed by atoms with E-state index in [9.17, 15) is 0 Å². The Labute approximate surface area is 129 Å². The SMILES string of the molecule is COc1ccc2c(c1)C(NC(C)Cc1cccs1)CCO2. The third-order valence-corrected chi connectivity index (χ3v) is 4.73. The van der Waals surface area contributed by atoms with Crippen molar-refractivity contribution in [1.29, 1.82) is 0 Å². The Hall–Kier alpha value is -1.52. The van der Waals surface area contributed by atoms with E-state index < -0.39 is 0 Å². The Bertz CT molecular complexity index is 582. The van der Waals surface area contributed by atoms with Gasteiger partial charge in [0, 0.05) is 28.9 Å². The van der Waals surface area contributed by atoms with Crippen molar-refractivity contribution < 1.29 is 9.47 Å². The first kappa shape index (κ1) is 14.4. The molecule has 1 aromatic heterocycles. The smallest absolute Gasteiger partial charge is 0.124 e. The Kier molecular flexibility index (Phi) is 4.46. The van der Waals surface area contributed by atoms with E-state index >= 15 is 0 Å². The number of methoxy groups -OCH3 is 1. The number of thiophene rings is 1. The monoisotopic (exact) mass is 303 g/mol. The second-order valence-corrected chi connectivity index (χ2v) is 6.48. The number of rotatable bonds is 5. The van der Waals surface area contributed by atoms with E-state index in [0.717, 1.165) is 30.9 Å². The molecular formula is C17H21NO2S. The van der Waals surface area contributed by atoms with Crippen LogP contribution in [0.4, 0.5) is 0 Å². The maximum Gasteiger partial charge on any atom is 0.124 e. The Balaban J connectivity index is 1.72. The number of fused-ring (bicyclic) bond motifs is 1. The maximum absolute atomic E-state index is 5.75. The lowest BCUT2D eigenvalue weighted by atomic mass is 9.99. The third kappa shape index (κ3) is 3.39. The zero-order valence-electron chi connectivity index (χ0n) is 12.5. The summed E-state index contributed by atoms with van der Waals surface area (Å²) in [5.74, 6) is 1.86. The van der Waals surface area contributed by atoms with Gasteiger partial charge in [-0.05, 0) is 43.0 Å². The predicted molar refractivity (Wildman–Crippen MR) is 86.5 cm³/mol. The highest BCUT2D eigenvalue weighted by Crippen LogP contribution is 2.35. The normalized spacial score (nSPS) is 18.7. The minimum atomic E-state index is 0.332. The van der Waals surface area contributed by atoms with Crippen LogP contribution in [0.15, 0.2) is 35.7 Å². The molecule has 21 heavy (non-hydrogen) atoms. The Morgan fingerprint density at radius 3 is 3.10 bits per heavy atom. The lowest BCUT2D eigenvalue weighted by Crippen LogP contribution is -2.34. The second-order valence-electron chi connectivity index (χ2n) is 5.44. The maximum atomic E-state index is 5.75. The molecule has 0 amide bonds. The Morgan fingerprint density at radius 2 is 2.33 bits per heavy atom. The molecule has 2 aromatic rings. The summed E-state index contributed by atoms with van der Waals surface area (Å²) in [7, 11) is 1.70. The molecule has 0 spiro atoms. The minimum absolute atomic E-state index is 0.332. The van der Waals surface area contributed by atoms with E-state index in [2.05, 4.69) is 35.8 Å². The van der Waals surface area contributed by atoms with E-state index in [0.29, 0.717) is 12.1 Å². The van der Waals surface area contributed by atoms with Crippen molar-refractivity contribution in [3.63, 3.8) is 0 Å². The van der Waals surface area contributed by atoms with Crippen molar-refractivity contribution in [2.75, 3.05) is 13.7 Å². The number of nitrogens with one attached hydrogen (secondary N) is 1. The molecule has 2 atom stereocenters. The molecule has 1 N–H and O–H groups in total. The van der Waals surface area contributed by atoms with E-state index in [1.165, 1.54) is 10.4 Å². The van der Waals surface area contributed by atoms with E-state index in [1.54, 1.807) is 7.11 Å². The van der Waals surface area contributed by atoms with Crippen molar-refractivity contribution in [2.24, 2.45) is 0 Å². The highest BCUT2D eigenvalue weighted by molar-refractivity contribution is 7.09. The van der Waals surface area contributed by atoms with Gasteiger partial charge in [-0.3, -0.25) is 0 Å². The second kappa shape index (κ2) is 6.50. The van der Waals surface area contributed by atoms with Gasteiger partial charge in [-0.25, -0.2) is 0 Å². The molecule has 0 aliphatic carbocycles. The molecule has 0 fully saturated rings. The molecule has 0 saturated carbocycles. The molecule has 112 valence electrons. The van der Waals surface area contributed by atoms with Crippen LogP contribution in [-0.2, 0) is 6.42 Å². The zero-order chi connectivity index (χ0) is 14.7. The predicted octanol–water partition coefficient (Wildman–Crippen LogP) is 3.80. The fourth-order valence-electron chi connectivity index (χ4n) is 2.81. The molecule has 3 nitrogen and oxygen atoms in total. The van der Waals surface area contributed by atoms with Gasteiger partial charge in [-0.1, -0.05) is 6.07 Å². The van der Waals surface area contributed by atoms with Gasteiger partial charge in [-0.2, -0.15) is 0 Å². The fraction of sp³-hybridized carbons (Fsp3) is 0.412. The summed E-state index contributed by atoms with van der Waals surface area (Å²) in [6, 6.07) is 11.1. The molecule has 4 heteroatoms. The molecule has 1 aromatic carbocycles. The first-order chi connectivity index (χ1) is 10.3. The lowest BCUT2D eigenvalue weighted by molar-refractivity contribution is 0.244. The fourth-order valence-corrected chi connectivity index (χ4v) is 3.64. The van der Waals surface area contributed by atoms with Crippen molar-refractivity contribution >= 4 is 11.3 Å². The quantitative estimate of drug-likeness (QED) is 0.911. The minimum Gasteiger partial charge on any atom is -0.497 e. The third-order valence-electron chi connectivity index (χ3n) is 3.83. The standard InChI is InChI=1S/C17H21NO2S/c1-12(10-14-4-3-9-21-14)18-16-7-8-20-17-6-5-13(19-2)11-15(16)17/h3-6,9,11-12,16,18H,7-8,10H2,1-2H3. The highest BCUT2D eigenvalue weighted by atomic mass is 32.1. The van der Waals surface area contributed by atoms with E-state index in [4.69, 9.17) is 9.47 Å². The van der Waals surface area contributed by atoms with Crippen LogP contribution in [0.25, 0.3) is 0 Å². The largest absolute Gasteiger partial charge is 0.497 e. The van der Waals surface area contributed by atoms with Gasteiger partial charge in [0.1, 0.15) is 11.5 Å². The van der Waals surface area contributed by atoms with Gasteiger partial charge in [0.15, 0.2) is 0 Å². The summed E-state index contributed by atoms with van der Waals surface area (Å²) in [6.45, 7) is 3.01. The zero-order valence-corrected chi connectivity index (χ0v) is 13.3. The molecule has 3 rings (SSSR count).